The van der Waals surface area contributed by atoms with Gasteiger partial charge in [-0.2, -0.15) is 0 Å². The molecule has 9 heteroatoms. The van der Waals surface area contributed by atoms with E-state index in [2.05, 4.69) is 21.2 Å². The predicted octanol–water partition coefficient (Wildman–Crippen LogP) is 5.24. The fourth-order valence-electron chi connectivity index (χ4n) is 4.62. The Morgan fingerprint density at radius 2 is 1.68 bits per heavy atom. The average molecular weight is 634 g/mol. The number of methoxy groups -OCH3 is 1. The van der Waals surface area contributed by atoms with Crippen LogP contribution in [0.2, 0.25) is 0 Å². The van der Waals surface area contributed by atoms with Crippen LogP contribution in [0, 0.1) is 0 Å². The highest BCUT2D eigenvalue weighted by Gasteiger charge is 2.54. The van der Waals surface area contributed by atoms with Gasteiger partial charge in [0.1, 0.15) is 29.5 Å². The topological polar surface area (TPSA) is 84.9 Å². The minimum absolute atomic E-state index is 0.0500. The van der Waals surface area contributed by atoms with E-state index < -0.39 is 12.0 Å². The van der Waals surface area contributed by atoms with Crippen molar-refractivity contribution in [3.63, 3.8) is 0 Å². The van der Waals surface area contributed by atoms with Crippen molar-refractivity contribution < 1.29 is 23.9 Å². The van der Waals surface area contributed by atoms with E-state index in [1.54, 1.807) is 19.2 Å². The summed E-state index contributed by atoms with van der Waals surface area (Å²) in [4.78, 5) is 41.0. The summed E-state index contributed by atoms with van der Waals surface area (Å²) in [5.74, 6) is 0.0520. The summed E-state index contributed by atoms with van der Waals surface area (Å²) in [5, 5.41) is 3.25. The molecule has 210 valence electrons. The third-order valence-electron chi connectivity index (χ3n) is 6.86. The van der Waals surface area contributed by atoms with Crippen LogP contribution < -0.4 is 10.1 Å². The summed E-state index contributed by atoms with van der Waals surface area (Å²) in [7, 11) is 1.59. The van der Waals surface area contributed by atoms with Gasteiger partial charge in [0.25, 0.3) is 5.91 Å². The van der Waals surface area contributed by atoms with E-state index in [4.69, 9.17) is 9.47 Å². The van der Waals surface area contributed by atoms with Crippen molar-refractivity contribution in [2.24, 2.45) is 0 Å². The molecule has 1 fully saturated rings. The molecule has 2 unspecified atom stereocenters. The molecule has 0 spiro atoms. The molecule has 2 amide bonds. The molecule has 0 saturated carbocycles. The number of hydrogen-bond acceptors (Lipinski definition) is 6. The number of alkyl halides is 1. The first-order valence-corrected chi connectivity index (χ1v) is 15.3. The molecule has 7 nitrogen and oxygen atoms in total. The molecule has 1 saturated heterocycles. The molecule has 3 aromatic carbocycles. The third-order valence-corrected chi connectivity index (χ3v) is 8.80. The number of halogens is 1. The SMILES string of the molecule is COc1ccc(COC(=O)C2=C(C=Cc3ccc(CBr)cc3)CSC3C(NC(=O)Cc4ccccc4)C(=O)N23)cc1. The van der Waals surface area contributed by atoms with Gasteiger partial charge in [-0.15, -0.1) is 11.8 Å². The summed E-state index contributed by atoms with van der Waals surface area (Å²) < 4.78 is 10.9. The van der Waals surface area contributed by atoms with Gasteiger partial charge in [-0.25, -0.2) is 4.79 Å². The average Bonchev–Trinajstić information content (AvgIpc) is 3.02. The molecule has 0 aliphatic carbocycles. The summed E-state index contributed by atoms with van der Waals surface area (Å²) >= 11 is 4.97. The Morgan fingerprint density at radius 3 is 2.37 bits per heavy atom. The molecule has 0 aromatic heterocycles. The number of carbonyl (C=O) groups is 3. The van der Waals surface area contributed by atoms with Gasteiger partial charge in [0, 0.05) is 11.1 Å². The highest BCUT2D eigenvalue weighted by Crippen LogP contribution is 2.41. The number of nitrogens with one attached hydrogen (secondary N) is 1. The molecule has 1 N–H and O–H groups in total. The van der Waals surface area contributed by atoms with Gasteiger partial charge in [0.15, 0.2) is 0 Å². The second-order valence-electron chi connectivity index (χ2n) is 9.62. The van der Waals surface area contributed by atoms with Gasteiger partial charge >= 0.3 is 5.97 Å². The zero-order valence-corrected chi connectivity index (χ0v) is 24.8. The monoisotopic (exact) mass is 632 g/mol. The number of benzene rings is 3. The molecule has 41 heavy (non-hydrogen) atoms. The van der Waals surface area contributed by atoms with E-state index in [1.807, 2.05) is 78.9 Å². The molecule has 0 radical (unpaired) electrons. The normalized spacial score (nSPS) is 18.1. The van der Waals surface area contributed by atoms with Crippen LogP contribution in [-0.2, 0) is 37.5 Å². The van der Waals surface area contributed by atoms with Crippen molar-refractivity contribution in [3.8, 4) is 5.75 Å². The van der Waals surface area contributed by atoms with Gasteiger partial charge in [0.05, 0.1) is 13.5 Å². The van der Waals surface area contributed by atoms with Crippen molar-refractivity contribution >= 4 is 51.6 Å². The van der Waals surface area contributed by atoms with Gasteiger partial charge < -0.3 is 14.8 Å². The minimum atomic E-state index is -0.706. The van der Waals surface area contributed by atoms with E-state index in [-0.39, 0.29) is 35.9 Å². The fourth-order valence-corrected chi connectivity index (χ4v) is 6.31. The second-order valence-corrected chi connectivity index (χ2v) is 11.3. The maximum absolute atomic E-state index is 13.5. The number of hydrogen-bond donors (Lipinski definition) is 1. The first-order valence-electron chi connectivity index (χ1n) is 13.1. The van der Waals surface area contributed by atoms with Crippen LogP contribution in [0.5, 0.6) is 5.75 Å². The van der Waals surface area contributed by atoms with Crippen LogP contribution in [0.1, 0.15) is 22.3 Å². The number of nitrogens with zero attached hydrogens (tertiary/aromatic N) is 1. The third kappa shape index (κ3) is 6.74. The number of allylic oxidation sites excluding steroid dienone is 1. The Morgan fingerprint density at radius 1 is 0.976 bits per heavy atom. The Bertz CT molecular complexity index is 1470. The molecular weight excluding hydrogens is 604 g/mol. The highest BCUT2D eigenvalue weighted by atomic mass is 79.9. The fraction of sp³-hybridized carbons (Fsp3) is 0.219. The Hall–Kier alpha value is -3.82. The molecule has 3 aromatic rings. The van der Waals surface area contributed by atoms with Crippen molar-refractivity contribution in [2.75, 3.05) is 12.9 Å². The van der Waals surface area contributed by atoms with E-state index in [0.29, 0.717) is 17.1 Å². The van der Waals surface area contributed by atoms with Gasteiger partial charge in [-0.05, 0) is 40.0 Å². The van der Waals surface area contributed by atoms with Crippen molar-refractivity contribution in [1.29, 1.82) is 0 Å². The maximum atomic E-state index is 13.5. The lowest BCUT2D eigenvalue weighted by Gasteiger charge is -2.49. The van der Waals surface area contributed by atoms with Gasteiger partial charge in [-0.1, -0.05) is 94.8 Å². The second kappa shape index (κ2) is 13.2. The van der Waals surface area contributed by atoms with Crippen LogP contribution >= 0.6 is 27.7 Å². The predicted molar refractivity (Wildman–Crippen MR) is 163 cm³/mol. The Balaban J connectivity index is 1.34. The Kier molecular flexibility index (Phi) is 9.26. The standard InChI is InChI=1S/C32H29BrN2O5S/c1-39-26-15-12-24(13-16-26)19-40-32(38)29-25(14-11-21-7-9-23(18-33)10-8-21)20-41-31-28(30(37)35(29)31)34-27(36)17-22-5-3-2-4-6-22/h2-16,28,31H,17-20H2,1H3,(H,34,36). The lowest BCUT2D eigenvalue weighted by atomic mass is 10.0. The molecule has 2 aliphatic heterocycles. The van der Waals surface area contributed by atoms with Crippen LogP contribution in [0.3, 0.4) is 0 Å². The van der Waals surface area contributed by atoms with E-state index >= 15 is 0 Å². The largest absolute Gasteiger partial charge is 0.497 e. The zero-order valence-electron chi connectivity index (χ0n) is 22.4. The quantitative estimate of drug-likeness (QED) is 0.187. The lowest BCUT2D eigenvalue weighted by Crippen LogP contribution is -2.70. The molecule has 2 heterocycles. The van der Waals surface area contributed by atoms with Gasteiger partial charge in [-0.3, -0.25) is 14.5 Å². The number of esters is 1. The molecule has 5 rings (SSSR count). The number of fused-ring (bicyclic) bond motifs is 1. The lowest BCUT2D eigenvalue weighted by molar-refractivity contribution is -0.153. The van der Waals surface area contributed by atoms with Gasteiger partial charge in [0.2, 0.25) is 5.91 Å². The van der Waals surface area contributed by atoms with E-state index in [0.717, 1.165) is 27.6 Å². The number of amides is 2. The minimum Gasteiger partial charge on any atom is -0.497 e. The number of ether oxygens (including phenoxy) is 2. The highest BCUT2D eigenvalue weighted by molar-refractivity contribution is 9.08. The maximum Gasteiger partial charge on any atom is 0.355 e. The van der Waals surface area contributed by atoms with Crippen molar-refractivity contribution in [2.45, 2.75) is 29.8 Å². The van der Waals surface area contributed by atoms with Crippen molar-refractivity contribution in [3.05, 3.63) is 118 Å². The molecular formula is C32H29BrN2O5S. The first kappa shape index (κ1) is 28.7. The molecule has 0 bridgehead atoms. The summed E-state index contributed by atoms with van der Waals surface area (Å²) in [6, 6.07) is 24.0. The van der Waals surface area contributed by atoms with Crippen molar-refractivity contribution in [1.82, 2.24) is 10.2 Å². The number of rotatable bonds is 10. The zero-order chi connectivity index (χ0) is 28.8. The van der Waals surface area contributed by atoms with Crippen LogP contribution in [0.15, 0.2) is 96.2 Å². The van der Waals surface area contributed by atoms with Crippen LogP contribution in [0.4, 0.5) is 0 Å². The number of thioether (sulfide) groups is 1. The molecule has 2 aliphatic rings. The summed E-state index contributed by atoms with van der Waals surface area (Å²) in [6.07, 6.45) is 3.97. The smallest absolute Gasteiger partial charge is 0.355 e. The first-order chi connectivity index (χ1) is 20.0. The summed E-state index contributed by atoms with van der Waals surface area (Å²) in [5.41, 5.74) is 4.70. The van der Waals surface area contributed by atoms with E-state index in [1.165, 1.54) is 16.7 Å². The van der Waals surface area contributed by atoms with Crippen LogP contribution in [0.25, 0.3) is 6.08 Å². The van der Waals surface area contributed by atoms with E-state index in [9.17, 15) is 14.4 Å². The number of carbonyl (C=O) groups excluding carboxylic acids is 3. The Labute approximate surface area is 251 Å². The van der Waals surface area contributed by atoms with Crippen LogP contribution in [-0.4, -0.2) is 47.0 Å². The summed E-state index contributed by atoms with van der Waals surface area (Å²) in [6.45, 7) is 0.0500. The number of β-lactam (4-membered cyclic amide) rings is 1. The molecule has 2 atom stereocenters.